The molecule has 3 rings (SSSR count). The highest BCUT2D eigenvalue weighted by atomic mass is 15.2. The Morgan fingerprint density at radius 2 is 2.15 bits per heavy atom. The van der Waals surface area contributed by atoms with Crippen molar-refractivity contribution in [2.45, 2.75) is 32.2 Å². The molecule has 0 spiro atoms. The summed E-state index contributed by atoms with van der Waals surface area (Å²) >= 11 is 0. The molecular weight excluding hydrogens is 246 g/mol. The van der Waals surface area contributed by atoms with E-state index >= 15 is 0 Å². The zero-order valence-electron chi connectivity index (χ0n) is 12.0. The summed E-state index contributed by atoms with van der Waals surface area (Å²) in [5.74, 6) is 1.92. The molecule has 20 heavy (non-hydrogen) atoms. The number of aromatic amines is 1. The van der Waals surface area contributed by atoms with Crippen LogP contribution in [0.15, 0.2) is 42.7 Å². The number of nitrogens with zero attached hydrogens (tertiary/aromatic N) is 2. The monoisotopic (exact) mass is 269 g/mol. The van der Waals surface area contributed by atoms with Crippen molar-refractivity contribution >= 4 is 0 Å². The summed E-state index contributed by atoms with van der Waals surface area (Å²) < 4.78 is 0. The lowest BCUT2D eigenvalue weighted by Gasteiger charge is -2.32. The van der Waals surface area contributed by atoms with Gasteiger partial charge in [0.25, 0.3) is 0 Å². The van der Waals surface area contributed by atoms with Gasteiger partial charge in [0, 0.05) is 18.9 Å². The maximum atomic E-state index is 4.33. The van der Waals surface area contributed by atoms with Crippen molar-refractivity contribution in [1.29, 1.82) is 0 Å². The SMILES string of the molecule is c1ccc(CC[C@@H]2CCCN(Cc3ncc[nH]3)C2)cc1. The van der Waals surface area contributed by atoms with E-state index < -0.39 is 0 Å². The molecule has 1 saturated heterocycles. The van der Waals surface area contributed by atoms with E-state index in [4.69, 9.17) is 0 Å². The Labute approximate surface area is 121 Å². The zero-order valence-corrected chi connectivity index (χ0v) is 12.0. The molecule has 106 valence electrons. The molecule has 3 nitrogen and oxygen atoms in total. The summed E-state index contributed by atoms with van der Waals surface area (Å²) in [6, 6.07) is 10.8. The smallest absolute Gasteiger partial charge is 0.120 e. The van der Waals surface area contributed by atoms with Gasteiger partial charge in [0.15, 0.2) is 0 Å². The van der Waals surface area contributed by atoms with E-state index in [1.807, 2.05) is 12.4 Å². The molecule has 1 aliphatic rings. The summed E-state index contributed by atoms with van der Waals surface area (Å²) in [7, 11) is 0. The minimum atomic E-state index is 0.832. The van der Waals surface area contributed by atoms with Gasteiger partial charge in [-0.1, -0.05) is 30.3 Å². The molecular formula is C17H23N3. The van der Waals surface area contributed by atoms with Gasteiger partial charge in [-0.25, -0.2) is 4.98 Å². The van der Waals surface area contributed by atoms with Gasteiger partial charge in [0.05, 0.1) is 6.54 Å². The Hall–Kier alpha value is -1.61. The number of aryl methyl sites for hydroxylation is 1. The van der Waals surface area contributed by atoms with Crippen LogP contribution < -0.4 is 0 Å². The summed E-state index contributed by atoms with van der Waals surface area (Å²) in [5, 5.41) is 0. The number of H-pyrrole nitrogens is 1. The van der Waals surface area contributed by atoms with E-state index in [0.717, 1.165) is 18.3 Å². The van der Waals surface area contributed by atoms with E-state index in [1.54, 1.807) is 0 Å². The third-order valence-electron chi connectivity index (χ3n) is 4.22. The summed E-state index contributed by atoms with van der Waals surface area (Å²) in [4.78, 5) is 10.1. The number of aromatic nitrogens is 2. The normalized spacial score (nSPS) is 20.1. The van der Waals surface area contributed by atoms with Crippen molar-refractivity contribution in [3.63, 3.8) is 0 Å². The lowest BCUT2D eigenvalue weighted by atomic mass is 9.91. The van der Waals surface area contributed by atoms with E-state index in [0.29, 0.717) is 0 Å². The van der Waals surface area contributed by atoms with Crippen molar-refractivity contribution in [2.24, 2.45) is 5.92 Å². The number of piperidine rings is 1. The van der Waals surface area contributed by atoms with Gasteiger partial charge in [-0.05, 0) is 43.7 Å². The van der Waals surface area contributed by atoms with Gasteiger partial charge in [-0.3, -0.25) is 4.90 Å². The Balaban J connectivity index is 1.48. The van der Waals surface area contributed by atoms with Gasteiger partial charge in [0.1, 0.15) is 5.82 Å². The highest BCUT2D eigenvalue weighted by Gasteiger charge is 2.20. The number of rotatable bonds is 5. The zero-order chi connectivity index (χ0) is 13.6. The summed E-state index contributed by atoms with van der Waals surface area (Å²) in [5.41, 5.74) is 1.47. The molecule has 0 radical (unpaired) electrons. The van der Waals surface area contributed by atoms with Crippen LogP contribution in [0.25, 0.3) is 0 Å². The number of likely N-dealkylation sites (tertiary alicyclic amines) is 1. The minimum absolute atomic E-state index is 0.832. The maximum Gasteiger partial charge on any atom is 0.120 e. The molecule has 1 atom stereocenters. The minimum Gasteiger partial charge on any atom is -0.348 e. The van der Waals surface area contributed by atoms with Gasteiger partial charge in [0.2, 0.25) is 0 Å². The Morgan fingerprint density at radius 3 is 2.95 bits per heavy atom. The Kier molecular flexibility index (Phi) is 4.49. The van der Waals surface area contributed by atoms with Gasteiger partial charge in [-0.15, -0.1) is 0 Å². The number of benzene rings is 1. The van der Waals surface area contributed by atoms with Crippen molar-refractivity contribution < 1.29 is 0 Å². The fraction of sp³-hybridized carbons (Fsp3) is 0.471. The summed E-state index contributed by atoms with van der Waals surface area (Å²) in [6.07, 6.45) is 8.96. The highest BCUT2D eigenvalue weighted by molar-refractivity contribution is 5.14. The second kappa shape index (κ2) is 6.71. The Bertz CT molecular complexity index is 492. The number of hydrogen-bond acceptors (Lipinski definition) is 2. The van der Waals surface area contributed by atoms with Crippen LogP contribution in [0.3, 0.4) is 0 Å². The largest absolute Gasteiger partial charge is 0.348 e. The van der Waals surface area contributed by atoms with Crippen LogP contribution in [0.2, 0.25) is 0 Å². The second-order valence-corrected chi connectivity index (χ2v) is 5.80. The van der Waals surface area contributed by atoms with Crippen LogP contribution in [0.4, 0.5) is 0 Å². The molecule has 0 saturated carbocycles. The number of imidazole rings is 1. The first-order valence-electron chi connectivity index (χ1n) is 7.65. The van der Waals surface area contributed by atoms with Crippen LogP contribution >= 0.6 is 0 Å². The second-order valence-electron chi connectivity index (χ2n) is 5.80. The molecule has 2 heterocycles. The fourth-order valence-electron chi connectivity index (χ4n) is 3.14. The molecule has 3 heteroatoms. The molecule has 1 aliphatic heterocycles. The third kappa shape index (κ3) is 3.70. The van der Waals surface area contributed by atoms with Crippen LogP contribution in [-0.2, 0) is 13.0 Å². The molecule has 2 aromatic rings. The quantitative estimate of drug-likeness (QED) is 0.903. The van der Waals surface area contributed by atoms with E-state index in [-0.39, 0.29) is 0 Å². The molecule has 1 N–H and O–H groups in total. The first-order valence-corrected chi connectivity index (χ1v) is 7.65. The topological polar surface area (TPSA) is 31.9 Å². The first kappa shape index (κ1) is 13.4. The average molecular weight is 269 g/mol. The van der Waals surface area contributed by atoms with Crippen LogP contribution in [-0.4, -0.2) is 28.0 Å². The lowest BCUT2D eigenvalue weighted by Crippen LogP contribution is -2.35. The molecule has 1 aromatic heterocycles. The van der Waals surface area contributed by atoms with Crippen molar-refractivity contribution in [2.75, 3.05) is 13.1 Å². The predicted octanol–water partition coefficient (Wildman–Crippen LogP) is 3.25. The average Bonchev–Trinajstić information content (AvgIpc) is 3.00. The number of hydrogen-bond donors (Lipinski definition) is 1. The van der Waals surface area contributed by atoms with Crippen LogP contribution in [0.5, 0.6) is 0 Å². The van der Waals surface area contributed by atoms with Crippen molar-refractivity contribution in [3.8, 4) is 0 Å². The van der Waals surface area contributed by atoms with E-state index in [1.165, 1.54) is 44.3 Å². The van der Waals surface area contributed by atoms with Crippen LogP contribution in [0, 0.1) is 5.92 Å². The van der Waals surface area contributed by atoms with Crippen molar-refractivity contribution in [1.82, 2.24) is 14.9 Å². The van der Waals surface area contributed by atoms with Gasteiger partial charge < -0.3 is 4.98 Å². The van der Waals surface area contributed by atoms with Gasteiger partial charge >= 0.3 is 0 Å². The molecule has 0 bridgehead atoms. The standard InChI is InChI=1S/C17H23N3/c1-2-5-15(6-3-1)8-9-16-7-4-12-20(13-16)14-17-18-10-11-19-17/h1-3,5-6,10-11,16H,4,7-9,12-14H2,(H,18,19)/t16-/m0/s1. The first-order chi connectivity index (χ1) is 9.90. The molecule has 0 unspecified atom stereocenters. The number of nitrogens with one attached hydrogen (secondary N) is 1. The maximum absolute atomic E-state index is 4.33. The fourth-order valence-corrected chi connectivity index (χ4v) is 3.14. The van der Waals surface area contributed by atoms with E-state index in [2.05, 4.69) is 45.2 Å². The van der Waals surface area contributed by atoms with Gasteiger partial charge in [-0.2, -0.15) is 0 Å². The summed E-state index contributed by atoms with van der Waals surface area (Å²) in [6.45, 7) is 3.39. The molecule has 0 amide bonds. The van der Waals surface area contributed by atoms with E-state index in [9.17, 15) is 0 Å². The van der Waals surface area contributed by atoms with Crippen molar-refractivity contribution in [3.05, 3.63) is 54.1 Å². The third-order valence-corrected chi connectivity index (χ3v) is 4.22. The molecule has 1 fully saturated rings. The van der Waals surface area contributed by atoms with Crippen LogP contribution in [0.1, 0.15) is 30.7 Å². The lowest BCUT2D eigenvalue weighted by molar-refractivity contribution is 0.159. The Morgan fingerprint density at radius 1 is 1.25 bits per heavy atom. The molecule has 0 aliphatic carbocycles. The highest BCUT2D eigenvalue weighted by Crippen LogP contribution is 2.22. The predicted molar refractivity (Wildman–Crippen MR) is 81.4 cm³/mol. The molecule has 1 aromatic carbocycles.